The highest BCUT2D eigenvalue weighted by molar-refractivity contribution is 7.99. The van der Waals surface area contributed by atoms with E-state index in [9.17, 15) is 0 Å². The normalized spacial score (nSPS) is 32.8. The number of aromatic nitrogens is 3. The highest BCUT2D eigenvalue weighted by Gasteiger charge is 2.41. The van der Waals surface area contributed by atoms with E-state index in [0.717, 1.165) is 31.6 Å². The third-order valence-corrected chi connectivity index (χ3v) is 4.74. The van der Waals surface area contributed by atoms with Crippen LogP contribution in [0.25, 0.3) is 0 Å². The van der Waals surface area contributed by atoms with Crippen molar-refractivity contribution in [1.82, 2.24) is 14.8 Å². The summed E-state index contributed by atoms with van der Waals surface area (Å²) in [5, 5.41) is 12.9. The fourth-order valence-corrected chi connectivity index (χ4v) is 3.97. The molecule has 0 N–H and O–H groups in total. The minimum Gasteiger partial charge on any atom is -0.374 e. The minimum absolute atomic E-state index is 0.0480. The molecule has 5 nitrogen and oxygen atoms in total. The predicted octanol–water partition coefficient (Wildman–Crippen LogP) is 1.38. The summed E-state index contributed by atoms with van der Waals surface area (Å²) in [6, 6.07) is 2.30. The van der Waals surface area contributed by atoms with Crippen LogP contribution in [0.5, 0.6) is 0 Å². The SMILES string of the molecule is N#Cc1ncn(C2CCOC3(CCSC3)C2)n1. The molecule has 2 atom stereocenters. The second-order valence-corrected chi connectivity index (χ2v) is 5.75. The van der Waals surface area contributed by atoms with Gasteiger partial charge >= 0.3 is 0 Å². The lowest BCUT2D eigenvalue weighted by Crippen LogP contribution is -2.40. The van der Waals surface area contributed by atoms with E-state index in [0.29, 0.717) is 6.04 Å². The van der Waals surface area contributed by atoms with Gasteiger partial charge in [-0.3, -0.25) is 0 Å². The molecule has 2 aliphatic heterocycles. The van der Waals surface area contributed by atoms with Crippen LogP contribution in [0.3, 0.4) is 0 Å². The quantitative estimate of drug-likeness (QED) is 0.753. The predicted molar refractivity (Wildman–Crippen MR) is 63.6 cm³/mol. The zero-order chi connectivity index (χ0) is 11.7. The number of nitriles is 1. The monoisotopic (exact) mass is 250 g/mol. The molecule has 2 fully saturated rings. The van der Waals surface area contributed by atoms with E-state index >= 15 is 0 Å². The van der Waals surface area contributed by atoms with Crippen LogP contribution < -0.4 is 0 Å². The number of hydrogen-bond donors (Lipinski definition) is 0. The molecule has 1 aromatic rings. The van der Waals surface area contributed by atoms with Crippen molar-refractivity contribution in [2.45, 2.75) is 30.9 Å². The van der Waals surface area contributed by atoms with Crippen LogP contribution in [0.2, 0.25) is 0 Å². The zero-order valence-corrected chi connectivity index (χ0v) is 10.3. The summed E-state index contributed by atoms with van der Waals surface area (Å²) in [6.07, 6.45) is 4.76. The summed E-state index contributed by atoms with van der Waals surface area (Å²) in [5.74, 6) is 2.53. The molecule has 0 bridgehead atoms. The highest BCUT2D eigenvalue weighted by Crippen LogP contribution is 2.41. The molecule has 90 valence electrons. The Morgan fingerprint density at radius 2 is 2.59 bits per heavy atom. The molecule has 0 radical (unpaired) electrons. The van der Waals surface area contributed by atoms with Gasteiger partial charge in [0.2, 0.25) is 0 Å². The van der Waals surface area contributed by atoms with Gasteiger partial charge in [0, 0.05) is 12.4 Å². The van der Waals surface area contributed by atoms with Crippen molar-refractivity contribution in [3.63, 3.8) is 0 Å². The summed E-state index contributed by atoms with van der Waals surface area (Å²) in [7, 11) is 0. The van der Waals surface area contributed by atoms with Crippen molar-refractivity contribution in [1.29, 1.82) is 5.26 Å². The van der Waals surface area contributed by atoms with E-state index in [4.69, 9.17) is 10.00 Å². The minimum atomic E-state index is 0.0480. The molecular weight excluding hydrogens is 236 g/mol. The van der Waals surface area contributed by atoms with Gasteiger partial charge in [-0.05, 0) is 25.0 Å². The first-order valence-corrected chi connectivity index (χ1v) is 7.00. The molecule has 17 heavy (non-hydrogen) atoms. The first-order chi connectivity index (χ1) is 8.31. The van der Waals surface area contributed by atoms with Crippen molar-refractivity contribution < 1.29 is 4.74 Å². The molecule has 3 heterocycles. The van der Waals surface area contributed by atoms with Crippen molar-refractivity contribution in [3.05, 3.63) is 12.2 Å². The Hall–Kier alpha value is -1.06. The van der Waals surface area contributed by atoms with Gasteiger partial charge < -0.3 is 4.74 Å². The van der Waals surface area contributed by atoms with E-state index in [1.807, 2.05) is 22.5 Å². The Balaban J connectivity index is 1.77. The summed E-state index contributed by atoms with van der Waals surface area (Å²) in [4.78, 5) is 3.97. The molecule has 0 amide bonds. The van der Waals surface area contributed by atoms with Crippen molar-refractivity contribution in [2.75, 3.05) is 18.1 Å². The second kappa shape index (κ2) is 4.31. The van der Waals surface area contributed by atoms with Crippen LogP contribution in [0.1, 0.15) is 31.1 Å². The molecule has 0 aliphatic carbocycles. The molecule has 1 aromatic heterocycles. The second-order valence-electron chi connectivity index (χ2n) is 4.64. The lowest BCUT2D eigenvalue weighted by atomic mass is 9.90. The van der Waals surface area contributed by atoms with Gasteiger partial charge in [0.15, 0.2) is 0 Å². The Morgan fingerprint density at radius 3 is 3.29 bits per heavy atom. The Morgan fingerprint density at radius 1 is 1.65 bits per heavy atom. The fraction of sp³-hybridized carbons (Fsp3) is 0.727. The van der Waals surface area contributed by atoms with Crippen LogP contribution in [-0.2, 0) is 4.74 Å². The highest BCUT2D eigenvalue weighted by atomic mass is 32.2. The zero-order valence-electron chi connectivity index (χ0n) is 9.50. The van der Waals surface area contributed by atoms with Gasteiger partial charge in [0.25, 0.3) is 5.82 Å². The molecule has 2 unspecified atom stereocenters. The van der Waals surface area contributed by atoms with Gasteiger partial charge in [-0.2, -0.15) is 17.0 Å². The smallest absolute Gasteiger partial charge is 0.252 e. The van der Waals surface area contributed by atoms with Gasteiger partial charge in [0.05, 0.1) is 11.6 Å². The van der Waals surface area contributed by atoms with Crippen LogP contribution in [0, 0.1) is 11.3 Å². The van der Waals surface area contributed by atoms with Gasteiger partial charge in [-0.25, -0.2) is 9.67 Å². The maximum atomic E-state index is 8.74. The van der Waals surface area contributed by atoms with Crippen LogP contribution in [0.4, 0.5) is 0 Å². The van der Waals surface area contributed by atoms with Gasteiger partial charge in [-0.1, -0.05) is 0 Å². The van der Waals surface area contributed by atoms with E-state index in [2.05, 4.69) is 10.1 Å². The molecule has 2 saturated heterocycles. The number of nitrogens with zero attached hydrogens (tertiary/aromatic N) is 4. The summed E-state index contributed by atoms with van der Waals surface area (Å²) >= 11 is 1.96. The van der Waals surface area contributed by atoms with Crippen molar-refractivity contribution in [2.24, 2.45) is 0 Å². The number of ether oxygens (including phenoxy) is 1. The molecule has 1 spiro atoms. The van der Waals surface area contributed by atoms with Crippen molar-refractivity contribution >= 4 is 11.8 Å². The summed E-state index contributed by atoms with van der Waals surface area (Å²) in [6.45, 7) is 0.785. The lowest BCUT2D eigenvalue weighted by Gasteiger charge is -2.37. The largest absolute Gasteiger partial charge is 0.374 e. The van der Waals surface area contributed by atoms with Gasteiger partial charge in [-0.15, -0.1) is 5.10 Å². The van der Waals surface area contributed by atoms with Crippen molar-refractivity contribution in [3.8, 4) is 6.07 Å². The molecule has 2 aliphatic rings. The van der Waals surface area contributed by atoms with E-state index < -0.39 is 0 Å². The molecular formula is C11H14N4OS. The third-order valence-electron chi connectivity index (χ3n) is 3.52. The first-order valence-electron chi connectivity index (χ1n) is 5.84. The van der Waals surface area contributed by atoms with E-state index in [1.54, 1.807) is 6.33 Å². The maximum absolute atomic E-state index is 8.74. The number of hydrogen-bond acceptors (Lipinski definition) is 5. The maximum Gasteiger partial charge on any atom is 0.252 e. The summed E-state index contributed by atoms with van der Waals surface area (Å²) in [5.41, 5.74) is 0.0480. The van der Waals surface area contributed by atoms with Crippen LogP contribution >= 0.6 is 11.8 Å². The molecule has 3 rings (SSSR count). The lowest BCUT2D eigenvalue weighted by molar-refractivity contribution is -0.0778. The Bertz CT molecular complexity index is 447. The first kappa shape index (κ1) is 11.1. The third kappa shape index (κ3) is 2.05. The van der Waals surface area contributed by atoms with E-state index in [-0.39, 0.29) is 11.4 Å². The standard InChI is InChI=1S/C11H14N4OS/c12-6-10-13-8-15(14-10)9-1-3-16-11(5-9)2-4-17-7-11/h8-9H,1-5,7H2. The summed E-state index contributed by atoms with van der Waals surface area (Å²) < 4.78 is 7.80. The van der Waals surface area contributed by atoms with Crippen LogP contribution in [-0.4, -0.2) is 38.5 Å². The number of thioether (sulfide) groups is 1. The topological polar surface area (TPSA) is 63.7 Å². The van der Waals surface area contributed by atoms with Gasteiger partial charge in [0.1, 0.15) is 12.4 Å². The Kier molecular flexibility index (Phi) is 2.81. The average molecular weight is 250 g/mol. The van der Waals surface area contributed by atoms with Crippen LogP contribution in [0.15, 0.2) is 6.33 Å². The van der Waals surface area contributed by atoms with E-state index in [1.165, 1.54) is 5.75 Å². The number of rotatable bonds is 1. The molecule has 0 saturated carbocycles. The molecule has 6 heteroatoms. The average Bonchev–Trinajstić information content (AvgIpc) is 2.99. The fourth-order valence-electron chi connectivity index (χ4n) is 2.59. The molecule has 0 aromatic carbocycles. The Labute approximate surface area is 104 Å².